The van der Waals surface area contributed by atoms with Crippen molar-refractivity contribution < 1.29 is 0 Å². The van der Waals surface area contributed by atoms with E-state index in [-0.39, 0.29) is 0 Å². The minimum Gasteiger partial charge on any atom is -0.308 e. The number of para-hydroxylation sites is 4. The molecule has 5 heteroatoms. The van der Waals surface area contributed by atoms with Crippen molar-refractivity contribution >= 4 is 75.3 Å². The number of rotatable bonds is 3. The van der Waals surface area contributed by atoms with Gasteiger partial charge >= 0.3 is 0 Å². The highest BCUT2D eigenvalue weighted by Crippen LogP contribution is 2.47. The summed E-state index contributed by atoms with van der Waals surface area (Å²) in [5, 5.41) is 5.96. The first-order valence-electron chi connectivity index (χ1n) is 15.9. The van der Waals surface area contributed by atoms with Crippen LogP contribution >= 0.6 is 11.3 Å². The first-order valence-corrected chi connectivity index (χ1v) is 16.8. The minimum atomic E-state index is 0.689. The van der Waals surface area contributed by atoms with Gasteiger partial charge in [-0.25, -0.2) is 9.97 Å². The Kier molecular flexibility index (Phi) is 5.55. The fourth-order valence-electron chi connectivity index (χ4n) is 7.57. The molecule has 0 radical (unpaired) electrons. The Morgan fingerprint density at radius 1 is 0.468 bits per heavy atom. The second-order valence-electron chi connectivity index (χ2n) is 12.3. The van der Waals surface area contributed by atoms with Crippen molar-refractivity contribution in [2.45, 2.75) is 13.8 Å². The first-order chi connectivity index (χ1) is 23.2. The molecule has 0 aliphatic heterocycles. The second kappa shape index (κ2) is 9.86. The zero-order valence-corrected chi connectivity index (χ0v) is 26.7. The summed E-state index contributed by atoms with van der Waals surface area (Å²) in [5.74, 6) is 0.689. The smallest absolute Gasteiger partial charge is 0.235 e. The Labute approximate surface area is 274 Å². The maximum Gasteiger partial charge on any atom is 0.235 e. The molecule has 0 spiro atoms. The van der Waals surface area contributed by atoms with Crippen molar-refractivity contribution in [3.8, 4) is 22.9 Å². The summed E-state index contributed by atoms with van der Waals surface area (Å²) < 4.78 is 7.26. The van der Waals surface area contributed by atoms with E-state index >= 15 is 0 Å². The topological polar surface area (TPSA) is 35.6 Å². The van der Waals surface area contributed by atoms with Crippen LogP contribution < -0.4 is 0 Å². The van der Waals surface area contributed by atoms with Crippen molar-refractivity contribution in [1.29, 1.82) is 0 Å². The number of fused-ring (bicyclic) bond motifs is 10. The van der Waals surface area contributed by atoms with Crippen LogP contribution in [0.15, 0.2) is 133 Å². The third-order valence-corrected chi connectivity index (χ3v) is 10.8. The van der Waals surface area contributed by atoms with E-state index in [1.807, 2.05) is 11.3 Å². The highest BCUT2D eigenvalue weighted by molar-refractivity contribution is 7.27. The fraction of sp³-hybridized carbons (Fsp3) is 0.0476. The number of aromatic nitrogens is 4. The van der Waals surface area contributed by atoms with Gasteiger partial charge in [-0.3, -0.25) is 4.57 Å². The van der Waals surface area contributed by atoms with Crippen molar-refractivity contribution in [2.75, 3.05) is 0 Å². The fourth-order valence-corrected chi connectivity index (χ4v) is 8.93. The SMILES string of the molecule is Cc1cccc(C)c1-c1nc(-n2c3ccccc3c3ccc4c(sc5c6ccccc6n(-c6ccccc6)c45)c32)nc2ccccc12. The van der Waals surface area contributed by atoms with E-state index in [4.69, 9.17) is 9.97 Å². The lowest BCUT2D eigenvalue weighted by Gasteiger charge is -2.15. The van der Waals surface area contributed by atoms with Crippen molar-refractivity contribution in [2.24, 2.45) is 0 Å². The van der Waals surface area contributed by atoms with E-state index in [0.717, 1.165) is 33.3 Å². The van der Waals surface area contributed by atoms with Crippen LogP contribution in [0.1, 0.15) is 11.1 Å². The van der Waals surface area contributed by atoms with Gasteiger partial charge in [-0.15, -0.1) is 11.3 Å². The number of thiophene rings is 1. The Hall–Kier alpha value is -5.78. The molecule has 10 aromatic rings. The molecule has 0 unspecified atom stereocenters. The van der Waals surface area contributed by atoms with Crippen LogP contribution in [0.5, 0.6) is 0 Å². The van der Waals surface area contributed by atoms with Gasteiger partial charge in [0.25, 0.3) is 0 Å². The van der Waals surface area contributed by atoms with Crippen LogP contribution in [-0.2, 0) is 0 Å². The number of aryl methyl sites for hydroxylation is 2. The maximum atomic E-state index is 5.45. The minimum absolute atomic E-state index is 0.689. The van der Waals surface area contributed by atoms with Crippen LogP contribution in [0.25, 0.3) is 86.8 Å². The van der Waals surface area contributed by atoms with Crippen molar-refractivity contribution in [3.63, 3.8) is 0 Å². The molecule has 0 aliphatic carbocycles. The number of benzene rings is 6. The molecule has 4 nitrogen and oxygen atoms in total. The van der Waals surface area contributed by atoms with E-state index < -0.39 is 0 Å². The molecule has 4 aromatic heterocycles. The van der Waals surface area contributed by atoms with Gasteiger partial charge in [-0.2, -0.15) is 0 Å². The van der Waals surface area contributed by atoms with Gasteiger partial charge in [0.05, 0.1) is 42.7 Å². The lowest BCUT2D eigenvalue weighted by atomic mass is 9.97. The van der Waals surface area contributed by atoms with E-state index in [0.29, 0.717) is 5.95 Å². The molecule has 6 aromatic carbocycles. The number of nitrogens with zero attached hydrogens (tertiary/aromatic N) is 4. The average Bonchev–Trinajstić information content (AvgIpc) is 3.75. The van der Waals surface area contributed by atoms with Crippen LogP contribution in [-0.4, -0.2) is 19.1 Å². The third kappa shape index (κ3) is 3.69. The standard InChI is InChI=1S/C42H28N4S/c1-25-13-12-14-26(2)36(25)37-30-18-6-9-20-33(30)43-42(44-37)46-34-21-10-7-17-28(34)29-23-24-32-39-40(47-41(32)38(29)46)31-19-8-11-22-35(31)45(39)27-15-4-3-5-16-27/h3-24H,1-2H3. The molecule has 0 amide bonds. The van der Waals surface area contributed by atoms with Gasteiger partial charge < -0.3 is 4.57 Å². The largest absolute Gasteiger partial charge is 0.308 e. The predicted molar refractivity (Wildman–Crippen MR) is 199 cm³/mol. The van der Waals surface area contributed by atoms with E-state index in [1.54, 1.807) is 0 Å². The molecule has 47 heavy (non-hydrogen) atoms. The normalized spacial score (nSPS) is 12.0. The van der Waals surface area contributed by atoms with E-state index in [2.05, 4.69) is 156 Å². The Balaban J connectivity index is 1.38. The lowest BCUT2D eigenvalue weighted by molar-refractivity contribution is 1.02. The monoisotopic (exact) mass is 620 g/mol. The van der Waals surface area contributed by atoms with E-state index in [1.165, 1.54) is 58.7 Å². The van der Waals surface area contributed by atoms with Gasteiger partial charge in [-0.1, -0.05) is 103 Å². The molecular weight excluding hydrogens is 593 g/mol. The molecule has 4 heterocycles. The van der Waals surface area contributed by atoms with Crippen LogP contribution in [0.3, 0.4) is 0 Å². The summed E-state index contributed by atoms with van der Waals surface area (Å²) in [6.45, 7) is 4.35. The van der Waals surface area contributed by atoms with Crippen LogP contribution in [0.4, 0.5) is 0 Å². The first kappa shape index (κ1) is 26.4. The number of hydrogen-bond donors (Lipinski definition) is 0. The molecule has 10 rings (SSSR count). The molecule has 0 saturated carbocycles. The van der Waals surface area contributed by atoms with Gasteiger partial charge in [0.1, 0.15) is 0 Å². The average molecular weight is 621 g/mol. The summed E-state index contributed by atoms with van der Waals surface area (Å²) in [4.78, 5) is 10.7. The molecule has 0 saturated heterocycles. The second-order valence-corrected chi connectivity index (χ2v) is 13.3. The molecule has 222 valence electrons. The Morgan fingerprint density at radius 2 is 1.06 bits per heavy atom. The summed E-state index contributed by atoms with van der Waals surface area (Å²) in [7, 11) is 0. The summed E-state index contributed by atoms with van der Waals surface area (Å²) in [6.07, 6.45) is 0. The van der Waals surface area contributed by atoms with Gasteiger partial charge in [0.2, 0.25) is 5.95 Å². The van der Waals surface area contributed by atoms with Crippen LogP contribution in [0.2, 0.25) is 0 Å². The molecule has 0 atom stereocenters. The Morgan fingerprint density at radius 3 is 1.85 bits per heavy atom. The molecule has 0 fully saturated rings. The van der Waals surface area contributed by atoms with E-state index in [9.17, 15) is 0 Å². The quantitative estimate of drug-likeness (QED) is 0.197. The lowest BCUT2D eigenvalue weighted by Crippen LogP contribution is -2.04. The summed E-state index contributed by atoms with van der Waals surface area (Å²) in [5.41, 5.74) is 11.4. The maximum absolute atomic E-state index is 5.45. The summed E-state index contributed by atoms with van der Waals surface area (Å²) in [6, 6.07) is 47.6. The van der Waals surface area contributed by atoms with Gasteiger partial charge in [0, 0.05) is 38.2 Å². The van der Waals surface area contributed by atoms with Crippen molar-refractivity contribution in [3.05, 3.63) is 145 Å². The van der Waals surface area contributed by atoms with Crippen LogP contribution in [0, 0.1) is 13.8 Å². The van der Waals surface area contributed by atoms with Crippen molar-refractivity contribution in [1.82, 2.24) is 19.1 Å². The van der Waals surface area contributed by atoms with Gasteiger partial charge in [0.15, 0.2) is 0 Å². The zero-order chi connectivity index (χ0) is 31.2. The number of hydrogen-bond acceptors (Lipinski definition) is 3. The molecule has 0 bridgehead atoms. The summed E-state index contributed by atoms with van der Waals surface area (Å²) >= 11 is 1.87. The zero-order valence-electron chi connectivity index (χ0n) is 25.9. The third-order valence-electron chi connectivity index (χ3n) is 9.60. The molecule has 0 aliphatic rings. The molecular formula is C42H28N4S. The Bertz CT molecular complexity index is 2850. The highest BCUT2D eigenvalue weighted by Gasteiger charge is 2.24. The predicted octanol–water partition coefficient (Wildman–Crippen LogP) is 11.3. The van der Waals surface area contributed by atoms with Gasteiger partial charge in [-0.05, 0) is 55.3 Å². The highest BCUT2D eigenvalue weighted by atomic mass is 32.1. The molecule has 0 N–H and O–H groups in total.